The molecule has 0 radical (unpaired) electrons. The van der Waals surface area contributed by atoms with Crippen LogP contribution in [0.2, 0.25) is 0 Å². The van der Waals surface area contributed by atoms with E-state index in [9.17, 15) is 13.7 Å². The Morgan fingerprint density at radius 1 is 1.35 bits per heavy atom. The number of aliphatic hydroxyl groups excluding tert-OH is 1. The van der Waals surface area contributed by atoms with Gasteiger partial charge in [0.25, 0.3) is 10.0 Å². The van der Waals surface area contributed by atoms with E-state index in [4.69, 9.17) is 5.11 Å². The average molecular weight is 337 g/mol. The van der Waals surface area contributed by atoms with Crippen LogP contribution in [0.5, 0.6) is 0 Å². The van der Waals surface area contributed by atoms with Crippen molar-refractivity contribution in [3.63, 3.8) is 0 Å². The summed E-state index contributed by atoms with van der Waals surface area (Å²) in [5.74, 6) is -0.218. The van der Waals surface area contributed by atoms with Gasteiger partial charge in [-0.25, -0.2) is 13.1 Å². The van der Waals surface area contributed by atoms with Crippen LogP contribution in [-0.2, 0) is 10.0 Å². The van der Waals surface area contributed by atoms with Crippen LogP contribution in [0.15, 0.2) is 29.2 Å². The third kappa shape index (κ3) is 5.06. The van der Waals surface area contributed by atoms with Crippen LogP contribution in [0.25, 0.3) is 5.57 Å². The second-order valence-electron chi connectivity index (χ2n) is 5.65. The van der Waals surface area contributed by atoms with Crippen LogP contribution in [0.1, 0.15) is 19.4 Å². The van der Waals surface area contributed by atoms with Crippen molar-refractivity contribution >= 4 is 21.3 Å². The molecule has 0 heterocycles. The van der Waals surface area contributed by atoms with E-state index in [-0.39, 0.29) is 24.0 Å². The lowest BCUT2D eigenvalue weighted by molar-refractivity contribution is 0.239. The quantitative estimate of drug-likeness (QED) is 0.736. The highest BCUT2D eigenvalue weighted by molar-refractivity contribution is 7.93. The van der Waals surface area contributed by atoms with Gasteiger partial charge in [0, 0.05) is 32.9 Å². The molecule has 1 unspecified atom stereocenters. The van der Waals surface area contributed by atoms with Gasteiger partial charge in [-0.1, -0.05) is 19.1 Å². The van der Waals surface area contributed by atoms with Crippen LogP contribution in [0, 0.1) is 17.2 Å². The summed E-state index contributed by atoms with van der Waals surface area (Å²) in [6, 6.07) is 9.07. The van der Waals surface area contributed by atoms with Crippen molar-refractivity contribution in [2.75, 3.05) is 32.1 Å². The van der Waals surface area contributed by atoms with E-state index < -0.39 is 10.0 Å². The van der Waals surface area contributed by atoms with Crippen molar-refractivity contribution in [2.45, 2.75) is 13.8 Å². The number of nitrogens with zero attached hydrogens (tertiary/aromatic N) is 2. The van der Waals surface area contributed by atoms with Gasteiger partial charge in [-0.05, 0) is 36.1 Å². The van der Waals surface area contributed by atoms with Gasteiger partial charge in [0.2, 0.25) is 0 Å². The second kappa shape index (κ2) is 8.11. The molecule has 1 aromatic carbocycles. The van der Waals surface area contributed by atoms with Gasteiger partial charge >= 0.3 is 0 Å². The van der Waals surface area contributed by atoms with Crippen molar-refractivity contribution in [3.8, 4) is 6.07 Å². The van der Waals surface area contributed by atoms with Crippen LogP contribution >= 0.6 is 0 Å². The minimum absolute atomic E-state index is 0.0802. The topological polar surface area (TPSA) is 93.4 Å². The number of allylic oxidation sites excluding steroid dienone is 2. The van der Waals surface area contributed by atoms with Crippen molar-refractivity contribution in [3.05, 3.63) is 34.7 Å². The first-order valence-corrected chi connectivity index (χ1v) is 8.70. The summed E-state index contributed by atoms with van der Waals surface area (Å²) in [5.41, 5.74) is 2.05. The molecule has 0 aliphatic carbocycles. The minimum atomic E-state index is -3.90. The van der Waals surface area contributed by atoms with Gasteiger partial charge in [-0.3, -0.25) is 0 Å². The fourth-order valence-electron chi connectivity index (χ4n) is 1.87. The summed E-state index contributed by atoms with van der Waals surface area (Å²) >= 11 is 0. The third-order valence-corrected chi connectivity index (χ3v) is 4.94. The molecule has 0 amide bonds. The van der Waals surface area contributed by atoms with Gasteiger partial charge in [-0.2, -0.15) is 5.26 Å². The van der Waals surface area contributed by atoms with Gasteiger partial charge in [-0.15, -0.1) is 0 Å². The number of rotatable bonds is 7. The highest BCUT2D eigenvalue weighted by Gasteiger charge is 2.21. The zero-order valence-electron chi connectivity index (χ0n) is 13.9. The Kier molecular flexibility index (Phi) is 6.76. The smallest absolute Gasteiger partial charge is 0.251 e. The Balaban J connectivity index is 3.14. The van der Waals surface area contributed by atoms with Crippen LogP contribution in [0.3, 0.4) is 0 Å². The second-order valence-corrected chi connectivity index (χ2v) is 7.35. The molecular formula is C16H23N3O3S. The summed E-state index contributed by atoms with van der Waals surface area (Å²) in [6.07, 6.45) is 0. The Morgan fingerprint density at radius 3 is 2.35 bits per heavy atom. The Hall–Kier alpha value is -1.88. The molecule has 0 spiro atoms. The van der Waals surface area contributed by atoms with Crippen molar-refractivity contribution in [1.82, 2.24) is 4.72 Å². The highest BCUT2D eigenvalue weighted by Crippen LogP contribution is 2.23. The van der Waals surface area contributed by atoms with Gasteiger partial charge in [0.1, 0.15) is 6.07 Å². The van der Waals surface area contributed by atoms with Gasteiger partial charge in [0.15, 0.2) is 4.91 Å². The van der Waals surface area contributed by atoms with E-state index in [1.165, 1.54) is 0 Å². The van der Waals surface area contributed by atoms with E-state index in [1.807, 2.05) is 31.1 Å². The lowest BCUT2D eigenvalue weighted by Gasteiger charge is -2.14. The monoisotopic (exact) mass is 337 g/mol. The molecule has 6 nitrogen and oxygen atoms in total. The molecule has 0 fully saturated rings. The maximum absolute atomic E-state index is 12.3. The van der Waals surface area contributed by atoms with Gasteiger partial charge in [0.05, 0.1) is 0 Å². The highest BCUT2D eigenvalue weighted by atomic mass is 32.2. The first kappa shape index (κ1) is 19.2. The van der Waals surface area contributed by atoms with Crippen LogP contribution in [0.4, 0.5) is 5.69 Å². The van der Waals surface area contributed by atoms with Crippen LogP contribution in [-0.4, -0.2) is 40.8 Å². The maximum atomic E-state index is 12.3. The number of anilines is 1. The van der Waals surface area contributed by atoms with Crippen molar-refractivity contribution < 1.29 is 13.5 Å². The molecule has 7 heteroatoms. The summed E-state index contributed by atoms with van der Waals surface area (Å²) in [7, 11) is -0.0808. The molecule has 126 valence electrons. The van der Waals surface area contributed by atoms with E-state index >= 15 is 0 Å². The SMILES string of the molecule is C/C(=C(/C#N)S(=O)(=O)NCC(C)CO)c1ccc(N(C)C)cc1. The molecule has 2 N–H and O–H groups in total. The molecule has 0 bridgehead atoms. The predicted octanol–water partition coefficient (Wildman–Crippen LogP) is 1.55. The number of benzene rings is 1. The summed E-state index contributed by atoms with van der Waals surface area (Å²) in [5, 5.41) is 18.2. The first-order chi connectivity index (χ1) is 10.7. The average Bonchev–Trinajstić information content (AvgIpc) is 2.53. The normalized spacial score (nSPS) is 13.9. The number of sulfonamides is 1. The molecule has 0 aliphatic rings. The number of hydrogen-bond acceptors (Lipinski definition) is 5. The summed E-state index contributed by atoms with van der Waals surface area (Å²) in [6.45, 7) is 3.28. The molecule has 0 aromatic heterocycles. The Labute approximate surface area is 138 Å². The van der Waals surface area contributed by atoms with E-state index in [1.54, 1.807) is 32.0 Å². The Bertz CT molecular complexity index is 701. The maximum Gasteiger partial charge on any atom is 0.251 e. The minimum Gasteiger partial charge on any atom is -0.396 e. The summed E-state index contributed by atoms with van der Waals surface area (Å²) in [4.78, 5) is 1.63. The molecule has 0 saturated carbocycles. The predicted molar refractivity (Wildman–Crippen MR) is 92.1 cm³/mol. The number of hydrogen-bond donors (Lipinski definition) is 2. The molecule has 23 heavy (non-hydrogen) atoms. The fourth-order valence-corrected chi connectivity index (χ4v) is 3.16. The number of nitrogens with one attached hydrogen (secondary N) is 1. The lowest BCUT2D eigenvalue weighted by Crippen LogP contribution is -2.30. The number of nitriles is 1. The van der Waals surface area contributed by atoms with E-state index in [0.717, 1.165) is 5.69 Å². The Morgan fingerprint density at radius 2 is 1.91 bits per heavy atom. The van der Waals surface area contributed by atoms with E-state index in [0.29, 0.717) is 11.1 Å². The molecule has 1 atom stereocenters. The third-order valence-electron chi connectivity index (χ3n) is 3.46. The van der Waals surface area contributed by atoms with Crippen molar-refractivity contribution in [2.24, 2.45) is 5.92 Å². The fraction of sp³-hybridized carbons (Fsp3) is 0.438. The molecular weight excluding hydrogens is 314 g/mol. The molecule has 0 saturated heterocycles. The lowest BCUT2D eigenvalue weighted by atomic mass is 10.1. The zero-order chi connectivity index (χ0) is 17.6. The van der Waals surface area contributed by atoms with Crippen molar-refractivity contribution in [1.29, 1.82) is 5.26 Å². The number of aliphatic hydroxyl groups is 1. The molecule has 0 aliphatic heterocycles. The molecule has 1 rings (SSSR count). The van der Waals surface area contributed by atoms with E-state index in [2.05, 4.69) is 4.72 Å². The largest absolute Gasteiger partial charge is 0.396 e. The molecule has 1 aromatic rings. The zero-order valence-corrected chi connectivity index (χ0v) is 14.7. The summed E-state index contributed by atoms with van der Waals surface area (Å²) < 4.78 is 26.9. The van der Waals surface area contributed by atoms with Crippen LogP contribution < -0.4 is 9.62 Å². The standard InChI is InChI=1S/C16H23N3O3S/c1-12(11-20)10-18-23(21,22)16(9-17)13(2)14-5-7-15(8-6-14)19(3)4/h5-8,12,18,20H,10-11H2,1-4H3/b16-13+. The first-order valence-electron chi connectivity index (χ1n) is 7.22. The van der Waals surface area contributed by atoms with Gasteiger partial charge < -0.3 is 10.0 Å².